The van der Waals surface area contributed by atoms with Crippen LogP contribution in [0.5, 0.6) is 5.75 Å². The maximum absolute atomic E-state index is 13.6. The number of hydrogen-bond donors (Lipinski definition) is 1. The van der Waals surface area contributed by atoms with E-state index >= 15 is 0 Å². The van der Waals surface area contributed by atoms with Crippen LogP contribution in [0.15, 0.2) is 18.2 Å². The van der Waals surface area contributed by atoms with Crippen molar-refractivity contribution in [2.24, 2.45) is 11.7 Å². The first kappa shape index (κ1) is 15.1. The summed E-state index contributed by atoms with van der Waals surface area (Å²) in [6.45, 7) is 1.19. The fraction of sp³-hybridized carbons (Fsp3) is 0.538. The van der Waals surface area contributed by atoms with Gasteiger partial charge in [-0.3, -0.25) is 0 Å². The van der Waals surface area contributed by atoms with E-state index in [0.29, 0.717) is 18.8 Å². The second-order valence-electron chi connectivity index (χ2n) is 4.71. The molecule has 0 unspecified atom stereocenters. The van der Waals surface area contributed by atoms with E-state index in [1.807, 2.05) is 0 Å². The molecule has 0 spiro atoms. The average molecular weight is 293 g/mol. The summed E-state index contributed by atoms with van der Waals surface area (Å²) < 4.78 is 58.5. The van der Waals surface area contributed by atoms with Crippen molar-refractivity contribution < 1.29 is 27.0 Å². The summed E-state index contributed by atoms with van der Waals surface area (Å²) in [6, 6.07) is 2.90. The maximum atomic E-state index is 13.6. The molecule has 0 aliphatic carbocycles. The molecule has 0 saturated carbocycles. The van der Waals surface area contributed by atoms with E-state index in [-0.39, 0.29) is 5.92 Å². The molecule has 0 radical (unpaired) electrons. The minimum Gasteiger partial charge on any atom is -0.403 e. The van der Waals surface area contributed by atoms with Gasteiger partial charge in [-0.05, 0) is 36.5 Å². The van der Waals surface area contributed by atoms with Crippen molar-refractivity contribution in [2.45, 2.75) is 25.2 Å². The first-order valence-electron chi connectivity index (χ1n) is 6.25. The number of rotatable bonds is 3. The molecule has 1 saturated heterocycles. The lowest BCUT2D eigenvalue weighted by molar-refractivity contribution is -0.275. The summed E-state index contributed by atoms with van der Waals surface area (Å²) >= 11 is 0. The van der Waals surface area contributed by atoms with Crippen LogP contribution in [0.2, 0.25) is 0 Å². The van der Waals surface area contributed by atoms with Gasteiger partial charge < -0.3 is 15.2 Å². The molecule has 1 fully saturated rings. The van der Waals surface area contributed by atoms with E-state index in [1.54, 1.807) is 0 Å². The van der Waals surface area contributed by atoms with Gasteiger partial charge in [-0.25, -0.2) is 4.39 Å². The highest BCUT2D eigenvalue weighted by molar-refractivity contribution is 5.31. The molecular weight excluding hydrogens is 278 g/mol. The minimum absolute atomic E-state index is 0.137. The molecule has 3 nitrogen and oxygen atoms in total. The number of halogens is 4. The number of benzene rings is 1. The standard InChI is InChI=1S/C13H15F4NO2/c14-10-7-9(1-2-11(10)20-13(15,16)17)12(18)8-3-5-19-6-4-8/h1-2,7-8,12H,3-6,18H2/t12-/m1/s1. The highest BCUT2D eigenvalue weighted by Crippen LogP contribution is 2.31. The zero-order valence-corrected chi connectivity index (χ0v) is 10.6. The van der Waals surface area contributed by atoms with Gasteiger partial charge >= 0.3 is 6.36 Å². The van der Waals surface area contributed by atoms with Crippen molar-refractivity contribution in [2.75, 3.05) is 13.2 Å². The van der Waals surface area contributed by atoms with Crippen LogP contribution < -0.4 is 10.5 Å². The van der Waals surface area contributed by atoms with Gasteiger partial charge in [0.1, 0.15) is 0 Å². The predicted molar refractivity (Wildman–Crippen MR) is 63.6 cm³/mol. The molecule has 2 rings (SSSR count). The molecule has 1 aromatic carbocycles. The zero-order chi connectivity index (χ0) is 14.8. The molecule has 1 heterocycles. The third-order valence-electron chi connectivity index (χ3n) is 3.34. The van der Waals surface area contributed by atoms with Crippen molar-refractivity contribution in [1.82, 2.24) is 0 Å². The quantitative estimate of drug-likeness (QED) is 0.871. The molecule has 1 atom stereocenters. The smallest absolute Gasteiger partial charge is 0.403 e. The van der Waals surface area contributed by atoms with Crippen molar-refractivity contribution in [3.8, 4) is 5.75 Å². The van der Waals surface area contributed by atoms with Crippen LogP contribution >= 0.6 is 0 Å². The predicted octanol–water partition coefficient (Wildman–Crippen LogP) is 3.15. The average Bonchev–Trinajstić information content (AvgIpc) is 2.40. The minimum atomic E-state index is -4.91. The van der Waals surface area contributed by atoms with E-state index in [9.17, 15) is 17.6 Å². The van der Waals surface area contributed by atoms with Crippen molar-refractivity contribution in [3.63, 3.8) is 0 Å². The van der Waals surface area contributed by atoms with Crippen LogP contribution in [0.1, 0.15) is 24.4 Å². The fourth-order valence-electron chi connectivity index (χ4n) is 2.28. The van der Waals surface area contributed by atoms with Crippen LogP contribution in [0.25, 0.3) is 0 Å². The SMILES string of the molecule is N[C@@H](c1ccc(OC(F)(F)F)c(F)c1)C1CCOCC1. The fourth-order valence-corrected chi connectivity index (χ4v) is 2.28. The second kappa shape index (κ2) is 5.97. The first-order chi connectivity index (χ1) is 9.37. The highest BCUT2D eigenvalue weighted by Gasteiger charge is 2.32. The lowest BCUT2D eigenvalue weighted by Gasteiger charge is -2.28. The monoisotopic (exact) mass is 293 g/mol. The summed E-state index contributed by atoms with van der Waals surface area (Å²) in [5.41, 5.74) is 6.49. The number of alkyl halides is 3. The summed E-state index contributed by atoms with van der Waals surface area (Å²) in [4.78, 5) is 0. The van der Waals surface area contributed by atoms with E-state index in [0.717, 1.165) is 25.0 Å². The van der Waals surface area contributed by atoms with Gasteiger partial charge in [0.05, 0.1) is 0 Å². The maximum Gasteiger partial charge on any atom is 0.573 e. The molecule has 1 aromatic rings. The normalized spacial score (nSPS) is 18.9. The molecule has 112 valence electrons. The van der Waals surface area contributed by atoms with Crippen LogP contribution in [-0.4, -0.2) is 19.6 Å². The Hall–Kier alpha value is -1.34. The van der Waals surface area contributed by atoms with Gasteiger partial charge in [-0.15, -0.1) is 13.2 Å². The zero-order valence-electron chi connectivity index (χ0n) is 10.6. The molecule has 7 heteroatoms. The molecule has 20 heavy (non-hydrogen) atoms. The van der Waals surface area contributed by atoms with Crippen LogP contribution in [-0.2, 0) is 4.74 Å². The van der Waals surface area contributed by atoms with Crippen molar-refractivity contribution in [1.29, 1.82) is 0 Å². The third-order valence-corrected chi connectivity index (χ3v) is 3.34. The van der Waals surface area contributed by atoms with Gasteiger partial charge in [0.2, 0.25) is 0 Å². The summed E-state index contributed by atoms with van der Waals surface area (Å²) in [5.74, 6) is -1.78. The molecule has 1 aliphatic heterocycles. The van der Waals surface area contributed by atoms with Gasteiger partial charge in [0, 0.05) is 19.3 Å². The second-order valence-corrected chi connectivity index (χ2v) is 4.71. The highest BCUT2D eigenvalue weighted by atomic mass is 19.4. The number of hydrogen-bond acceptors (Lipinski definition) is 3. The number of nitrogens with two attached hydrogens (primary N) is 1. The lowest BCUT2D eigenvalue weighted by atomic mass is 9.88. The lowest BCUT2D eigenvalue weighted by Crippen LogP contribution is -2.27. The van der Waals surface area contributed by atoms with Crippen LogP contribution in [0.3, 0.4) is 0 Å². The van der Waals surface area contributed by atoms with Gasteiger partial charge in [0.15, 0.2) is 11.6 Å². The largest absolute Gasteiger partial charge is 0.573 e. The Kier molecular flexibility index (Phi) is 4.49. The van der Waals surface area contributed by atoms with Gasteiger partial charge in [-0.1, -0.05) is 6.07 Å². The summed E-state index contributed by atoms with van der Waals surface area (Å²) in [6.07, 6.45) is -3.40. The molecule has 0 aromatic heterocycles. The molecule has 1 aliphatic rings. The molecule has 0 amide bonds. The van der Waals surface area contributed by atoms with E-state index in [1.165, 1.54) is 6.07 Å². The van der Waals surface area contributed by atoms with Crippen molar-refractivity contribution >= 4 is 0 Å². The van der Waals surface area contributed by atoms with Crippen LogP contribution in [0.4, 0.5) is 17.6 Å². The van der Waals surface area contributed by atoms with Gasteiger partial charge in [0.25, 0.3) is 0 Å². The summed E-state index contributed by atoms with van der Waals surface area (Å²) in [5, 5.41) is 0. The Labute approximate surface area is 113 Å². The Morgan fingerprint density at radius 2 is 1.90 bits per heavy atom. The van der Waals surface area contributed by atoms with E-state index in [2.05, 4.69) is 4.74 Å². The van der Waals surface area contributed by atoms with Crippen molar-refractivity contribution in [3.05, 3.63) is 29.6 Å². The first-order valence-corrected chi connectivity index (χ1v) is 6.25. The Morgan fingerprint density at radius 3 is 2.45 bits per heavy atom. The molecule has 0 bridgehead atoms. The van der Waals surface area contributed by atoms with E-state index < -0.39 is 24.0 Å². The Morgan fingerprint density at radius 1 is 1.25 bits per heavy atom. The van der Waals surface area contributed by atoms with Gasteiger partial charge in [-0.2, -0.15) is 0 Å². The Balaban J connectivity index is 2.11. The number of ether oxygens (including phenoxy) is 2. The van der Waals surface area contributed by atoms with E-state index in [4.69, 9.17) is 10.5 Å². The topological polar surface area (TPSA) is 44.5 Å². The third kappa shape index (κ3) is 3.83. The molecule has 2 N–H and O–H groups in total. The molecular formula is C13H15F4NO2. The Bertz CT molecular complexity index is 458. The van der Waals surface area contributed by atoms with Crippen LogP contribution in [0, 0.1) is 11.7 Å². The summed E-state index contributed by atoms with van der Waals surface area (Å²) in [7, 11) is 0.